The van der Waals surface area contributed by atoms with Gasteiger partial charge in [0.1, 0.15) is 31.1 Å². The fourth-order valence-corrected chi connectivity index (χ4v) is 11.5. The smallest absolute Gasteiger partial charge is 0.295 e. The summed E-state index contributed by atoms with van der Waals surface area (Å²) in [5.41, 5.74) is -0.795. The number of hydrogen-bond donors (Lipinski definition) is 4. The van der Waals surface area contributed by atoms with Crippen LogP contribution >= 0.6 is 0 Å². The molecule has 0 unspecified atom stereocenters. The van der Waals surface area contributed by atoms with Crippen molar-refractivity contribution in [1.82, 2.24) is 18.4 Å². The van der Waals surface area contributed by atoms with Gasteiger partial charge in [-0.15, -0.1) is 0 Å². The molecule has 2 fully saturated rings. The molecule has 6 rings (SSSR count). The van der Waals surface area contributed by atoms with Crippen molar-refractivity contribution in [2.75, 3.05) is 91.3 Å². The molecule has 0 bridgehead atoms. The third-order valence-electron chi connectivity index (χ3n) is 10.6. The summed E-state index contributed by atoms with van der Waals surface area (Å²) in [5, 5.41) is 4.97. The molecular formula is C40H46N6O14S4. The third-order valence-corrected chi connectivity index (χ3v) is 16.2. The quantitative estimate of drug-likeness (QED) is 0.105. The molecule has 0 atom stereocenters. The average Bonchev–Trinajstić information content (AvgIpc) is 3.25. The first-order valence-electron chi connectivity index (χ1n) is 19.3. The number of anilines is 2. The molecule has 2 aliphatic rings. The molecule has 64 heavy (non-hydrogen) atoms. The number of sulfonamides is 2. The molecule has 2 amide bonds. The number of carbonyl (C=O) groups excluding carboxylic acids is 2. The van der Waals surface area contributed by atoms with E-state index in [9.17, 15) is 52.4 Å². The number of piperazine rings is 2. The van der Waals surface area contributed by atoms with Crippen molar-refractivity contribution < 1.29 is 61.8 Å². The molecule has 24 heteroatoms. The molecular weight excluding hydrogens is 917 g/mol. The van der Waals surface area contributed by atoms with E-state index in [4.69, 9.17) is 9.47 Å². The standard InChI is InChI=1S/C40H46N6O14S4/c1-43-15-19-45(20-16-43)61(49,50)37-23-29(9-13-33(37)59-3)39(47)41-31-11-7-27(35(25-31)63(53,54)55)5-6-28-8-12-32(26-36(28)64(56,57)58)42-40(48)30-10-14-34(60-4)38(24-30)62(51,52)46-21-17-44(2)18-22-46/h5-14,23-26H,15-22H2,1-4H3,(H,41,47)(H,42,48)(H,53,54,55)(H,56,57,58)/b6-5+. The monoisotopic (exact) mass is 962 g/mol. The van der Waals surface area contributed by atoms with Gasteiger partial charge in [-0.1, -0.05) is 24.3 Å². The second-order valence-corrected chi connectivity index (χ2v) is 21.4. The highest BCUT2D eigenvalue weighted by atomic mass is 32.2. The Morgan fingerprint density at radius 1 is 0.516 bits per heavy atom. The summed E-state index contributed by atoms with van der Waals surface area (Å²) in [4.78, 5) is 28.8. The van der Waals surface area contributed by atoms with Crippen molar-refractivity contribution >= 4 is 75.6 Å². The number of hydrogen-bond acceptors (Lipinski definition) is 14. The van der Waals surface area contributed by atoms with Crippen LogP contribution in [0.2, 0.25) is 0 Å². The molecule has 2 aliphatic heterocycles. The second kappa shape index (κ2) is 19.1. The summed E-state index contributed by atoms with van der Waals surface area (Å²) in [7, 11) is -11.8. The van der Waals surface area contributed by atoms with E-state index in [1.807, 2.05) is 23.9 Å². The maximum Gasteiger partial charge on any atom is 0.295 e. The van der Waals surface area contributed by atoms with Gasteiger partial charge in [0.25, 0.3) is 32.1 Å². The molecule has 4 aromatic rings. The second-order valence-electron chi connectivity index (χ2n) is 14.8. The normalized spacial score (nSPS) is 16.4. The van der Waals surface area contributed by atoms with Gasteiger partial charge < -0.3 is 29.9 Å². The van der Waals surface area contributed by atoms with Crippen molar-refractivity contribution in [3.63, 3.8) is 0 Å². The highest BCUT2D eigenvalue weighted by Crippen LogP contribution is 2.32. The van der Waals surface area contributed by atoms with Crippen LogP contribution in [0.25, 0.3) is 12.2 Å². The Morgan fingerprint density at radius 2 is 0.859 bits per heavy atom. The summed E-state index contributed by atoms with van der Waals surface area (Å²) in [5.74, 6) is -1.63. The topological polar surface area (TPSA) is 267 Å². The van der Waals surface area contributed by atoms with Crippen LogP contribution in [0.1, 0.15) is 31.8 Å². The largest absolute Gasteiger partial charge is 0.495 e. The number of likely N-dealkylation sites (N-methyl/N-ethyl adjacent to an activating group) is 2. The van der Waals surface area contributed by atoms with Crippen LogP contribution in [-0.4, -0.2) is 154 Å². The van der Waals surface area contributed by atoms with E-state index in [1.54, 1.807) is 0 Å². The van der Waals surface area contributed by atoms with Crippen molar-refractivity contribution in [3.05, 3.63) is 95.1 Å². The van der Waals surface area contributed by atoms with Crippen LogP contribution in [0.3, 0.4) is 0 Å². The van der Waals surface area contributed by atoms with Gasteiger partial charge in [0.05, 0.1) is 14.2 Å². The van der Waals surface area contributed by atoms with Crippen molar-refractivity contribution in [2.24, 2.45) is 0 Å². The molecule has 20 nitrogen and oxygen atoms in total. The molecule has 344 valence electrons. The molecule has 0 spiro atoms. The number of carbonyl (C=O) groups is 2. The lowest BCUT2D eigenvalue weighted by Crippen LogP contribution is -2.47. The molecule has 0 aliphatic carbocycles. The van der Waals surface area contributed by atoms with Gasteiger partial charge in [0, 0.05) is 74.9 Å². The number of amides is 2. The number of ether oxygens (including phenoxy) is 2. The fourth-order valence-electron chi connectivity index (χ4n) is 6.91. The van der Waals surface area contributed by atoms with E-state index < -0.39 is 61.9 Å². The predicted molar refractivity (Wildman–Crippen MR) is 236 cm³/mol. The van der Waals surface area contributed by atoms with Gasteiger partial charge in [0.15, 0.2) is 0 Å². The summed E-state index contributed by atoms with van der Waals surface area (Å²) < 4.78 is 138. The lowest BCUT2D eigenvalue weighted by Gasteiger charge is -2.31. The third kappa shape index (κ3) is 10.8. The first-order chi connectivity index (χ1) is 30.0. The molecule has 0 radical (unpaired) electrons. The zero-order chi connectivity index (χ0) is 46.8. The minimum absolute atomic E-state index is 0.00981. The van der Waals surface area contributed by atoms with Gasteiger partial charge >= 0.3 is 0 Å². The van der Waals surface area contributed by atoms with Crippen molar-refractivity contribution in [3.8, 4) is 11.5 Å². The first kappa shape index (κ1) is 48.2. The van der Waals surface area contributed by atoms with Gasteiger partial charge in [0.2, 0.25) is 20.0 Å². The molecule has 2 heterocycles. The van der Waals surface area contributed by atoms with Crippen LogP contribution in [0, 0.1) is 0 Å². The van der Waals surface area contributed by atoms with E-state index >= 15 is 0 Å². The Kier molecular flexibility index (Phi) is 14.3. The minimum Gasteiger partial charge on any atom is -0.495 e. The van der Waals surface area contributed by atoms with Gasteiger partial charge in [-0.2, -0.15) is 25.4 Å². The Labute approximate surface area is 371 Å². The number of nitrogens with zero attached hydrogens (tertiary/aromatic N) is 4. The molecule has 0 aromatic heterocycles. The van der Waals surface area contributed by atoms with Crippen LogP contribution in [0.5, 0.6) is 11.5 Å². The molecule has 4 N–H and O–H groups in total. The highest BCUT2D eigenvalue weighted by Gasteiger charge is 2.33. The lowest BCUT2D eigenvalue weighted by atomic mass is 10.1. The summed E-state index contributed by atoms with van der Waals surface area (Å²) in [6.45, 7) is 2.89. The molecule has 0 saturated carbocycles. The van der Waals surface area contributed by atoms with Gasteiger partial charge in [-0.05, 0) is 85.9 Å². The minimum atomic E-state index is -5.00. The number of rotatable bonds is 14. The highest BCUT2D eigenvalue weighted by molar-refractivity contribution is 7.89. The van der Waals surface area contributed by atoms with Crippen LogP contribution < -0.4 is 20.1 Å². The van der Waals surface area contributed by atoms with Crippen molar-refractivity contribution in [1.29, 1.82) is 0 Å². The molecule has 2 saturated heterocycles. The average molecular weight is 963 g/mol. The Bertz CT molecular complexity index is 2750. The zero-order valence-corrected chi connectivity index (χ0v) is 38.2. The van der Waals surface area contributed by atoms with Crippen LogP contribution in [0.15, 0.2) is 92.4 Å². The fraction of sp³-hybridized carbons (Fsp3) is 0.300. The Hall–Kier alpha value is -5.28. The zero-order valence-electron chi connectivity index (χ0n) is 35.0. The van der Waals surface area contributed by atoms with Crippen LogP contribution in [0.4, 0.5) is 11.4 Å². The molecule has 4 aromatic carbocycles. The van der Waals surface area contributed by atoms with Gasteiger partial charge in [-0.3, -0.25) is 18.7 Å². The maximum absolute atomic E-state index is 13.6. The number of methoxy groups -OCH3 is 2. The van der Waals surface area contributed by atoms with E-state index in [-0.39, 0.29) is 81.1 Å². The SMILES string of the molecule is COc1ccc(C(=O)Nc2ccc(/C=C/c3ccc(NC(=O)c4ccc(OC)c(S(=O)(=O)N5CCN(C)CC5)c4)cc3S(=O)(=O)O)c(S(=O)(=O)O)c2)cc1S(=O)(=O)N1CCN(C)CC1. The van der Waals surface area contributed by atoms with E-state index in [2.05, 4.69) is 10.6 Å². The van der Waals surface area contributed by atoms with E-state index in [1.165, 1.54) is 71.4 Å². The van der Waals surface area contributed by atoms with E-state index in [0.717, 1.165) is 36.4 Å². The number of benzene rings is 4. The first-order valence-corrected chi connectivity index (χ1v) is 25.1. The predicted octanol–water partition coefficient (Wildman–Crippen LogP) is 2.74. The van der Waals surface area contributed by atoms with Gasteiger partial charge in [-0.25, -0.2) is 16.8 Å². The maximum atomic E-state index is 13.6. The summed E-state index contributed by atoms with van der Waals surface area (Å²) >= 11 is 0. The number of nitrogens with one attached hydrogen (secondary N) is 2. The Balaban J connectivity index is 1.23. The summed E-state index contributed by atoms with van der Waals surface area (Å²) in [6, 6.07) is 14.4. The van der Waals surface area contributed by atoms with E-state index in [0.29, 0.717) is 26.2 Å². The summed E-state index contributed by atoms with van der Waals surface area (Å²) in [6.07, 6.45) is 2.24. The van der Waals surface area contributed by atoms with Crippen LogP contribution in [-0.2, 0) is 40.3 Å². The van der Waals surface area contributed by atoms with Crippen molar-refractivity contribution in [2.45, 2.75) is 19.6 Å². The lowest BCUT2D eigenvalue weighted by molar-refractivity contribution is 0.101. The Morgan fingerprint density at radius 3 is 1.17 bits per heavy atom.